The summed E-state index contributed by atoms with van der Waals surface area (Å²) in [6.45, 7) is 0.769. The van der Waals surface area contributed by atoms with Crippen LogP contribution >= 0.6 is 0 Å². The van der Waals surface area contributed by atoms with Crippen molar-refractivity contribution >= 4 is 12.0 Å². The van der Waals surface area contributed by atoms with Gasteiger partial charge >= 0.3 is 5.97 Å². The Morgan fingerprint density at radius 3 is 3.19 bits per heavy atom. The normalized spacial score (nSPS) is 21.4. The largest absolute Gasteiger partial charge is 0.478 e. The predicted octanol–water partition coefficient (Wildman–Crippen LogP) is 1.68. The topological polar surface area (TPSA) is 64.3 Å². The van der Waals surface area contributed by atoms with Crippen molar-refractivity contribution in [2.45, 2.75) is 25.5 Å². The summed E-state index contributed by atoms with van der Waals surface area (Å²) < 4.78 is 7.31. The molecule has 1 aliphatic rings. The molecule has 1 fully saturated rings. The smallest absolute Gasteiger partial charge is 0.328 e. The van der Waals surface area contributed by atoms with E-state index < -0.39 is 5.97 Å². The van der Waals surface area contributed by atoms with E-state index in [1.165, 1.54) is 6.08 Å². The van der Waals surface area contributed by atoms with Gasteiger partial charge in [0.25, 0.3) is 0 Å². The van der Waals surface area contributed by atoms with Gasteiger partial charge in [-0.3, -0.25) is 0 Å². The Hall–Kier alpha value is -1.62. The lowest BCUT2D eigenvalue weighted by atomic mass is 10.2. The van der Waals surface area contributed by atoms with Crippen molar-refractivity contribution in [2.75, 3.05) is 6.61 Å². The molecule has 5 nitrogen and oxygen atoms in total. The number of nitrogens with zero attached hydrogens (tertiary/aromatic N) is 2. The van der Waals surface area contributed by atoms with Gasteiger partial charge in [0.2, 0.25) is 0 Å². The van der Waals surface area contributed by atoms with E-state index in [-0.39, 0.29) is 6.23 Å². The van der Waals surface area contributed by atoms with Crippen LogP contribution in [0.15, 0.2) is 18.3 Å². The highest BCUT2D eigenvalue weighted by Crippen LogP contribution is 2.21. The van der Waals surface area contributed by atoms with E-state index in [0.717, 1.165) is 31.9 Å². The van der Waals surface area contributed by atoms with Gasteiger partial charge in [-0.05, 0) is 31.4 Å². The minimum atomic E-state index is -0.969. The summed E-state index contributed by atoms with van der Waals surface area (Å²) in [5.41, 5.74) is 0.636. The number of carboxylic acid groups (broad SMARTS) is 1. The van der Waals surface area contributed by atoms with Crippen LogP contribution in [-0.4, -0.2) is 27.5 Å². The molecule has 1 aliphatic heterocycles. The van der Waals surface area contributed by atoms with Crippen LogP contribution in [0.1, 0.15) is 31.2 Å². The van der Waals surface area contributed by atoms with Crippen LogP contribution in [0.25, 0.3) is 6.08 Å². The highest BCUT2D eigenvalue weighted by Gasteiger charge is 2.15. The number of aromatic nitrogens is 2. The van der Waals surface area contributed by atoms with Crippen molar-refractivity contribution in [2.24, 2.45) is 0 Å². The maximum Gasteiger partial charge on any atom is 0.328 e. The second-order valence-electron chi connectivity index (χ2n) is 3.71. The van der Waals surface area contributed by atoms with E-state index in [2.05, 4.69) is 5.10 Å². The molecule has 1 atom stereocenters. The first-order valence-electron chi connectivity index (χ1n) is 5.33. The fourth-order valence-electron chi connectivity index (χ4n) is 1.69. The third-order valence-electron chi connectivity index (χ3n) is 2.48. The number of aliphatic carboxylic acids is 1. The summed E-state index contributed by atoms with van der Waals surface area (Å²) in [5, 5.41) is 12.7. The van der Waals surface area contributed by atoms with Crippen LogP contribution in [0, 0.1) is 0 Å². The zero-order valence-electron chi connectivity index (χ0n) is 8.87. The molecule has 1 unspecified atom stereocenters. The van der Waals surface area contributed by atoms with Crippen LogP contribution in [0.4, 0.5) is 0 Å². The Morgan fingerprint density at radius 2 is 2.50 bits per heavy atom. The van der Waals surface area contributed by atoms with E-state index in [1.54, 1.807) is 10.7 Å². The lowest BCUT2D eigenvalue weighted by molar-refractivity contribution is -0.131. The molecule has 0 amide bonds. The molecular weight excluding hydrogens is 208 g/mol. The molecule has 0 spiro atoms. The fourth-order valence-corrected chi connectivity index (χ4v) is 1.69. The minimum absolute atomic E-state index is 0.000674. The molecule has 1 saturated heterocycles. The summed E-state index contributed by atoms with van der Waals surface area (Å²) >= 11 is 0. The van der Waals surface area contributed by atoms with Gasteiger partial charge in [-0.15, -0.1) is 0 Å². The van der Waals surface area contributed by atoms with E-state index in [9.17, 15) is 4.79 Å². The van der Waals surface area contributed by atoms with Gasteiger partial charge in [0.05, 0.1) is 5.69 Å². The second kappa shape index (κ2) is 4.94. The van der Waals surface area contributed by atoms with Gasteiger partial charge in [0, 0.05) is 18.9 Å². The zero-order chi connectivity index (χ0) is 11.4. The number of ether oxygens (including phenoxy) is 1. The van der Waals surface area contributed by atoms with Crippen molar-refractivity contribution in [3.8, 4) is 0 Å². The van der Waals surface area contributed by atoms with Crippen LogP contribution < -0.4 is 0 Å². The molecule has 16 heavy (non-hydrogen) atoms. The summed E-state index contributed by atoms with van der Waals surface area (Å²) in [5.74, 6) is -0.969. The Balaban J connectivity index is 2.03. The average molecular weight is 222 g/mol. The molecule has 0 aliphatic carbocycles. The molecule has 1 N–H and O–H groups in total. The zero-order valence-corrected chi connectivity index (χ0v) is 8.87. The average Bonchev–Trinajstić information content (AvgIpc) is 2.76. The number of carboxylic acids is 1. The van der Waals surface area contributed by atoms with Gasteiger partial charge in [0.15, 0.2) is 0 Å². The van der Waals surface area contributed by atoms with Crippen molar-refractivity contribution in [1.29, 1.82) is 0 Å². The van der Waals surface area contributed by atoms with Crippen molar-refractivity contribution in [3.63, 3.8) is 0 Å². The van der Waals surface area contributed by atoms with Crippen molar-refractivity contribution in [1.82, 2.24) is 9.78 Å². The maximum atomic E-state index is 10.3. The third-order valence-corrected chi connectivity index (χ3v) is 2.48. The number of rotatable bonds is 3. The first-order chi connectivity index (χ1) is 7.75. The molecule has 0 aromatic carbocycles. The standard InChI is InChI=1S/C11H14N2O3/c14-11(15)5-4-9-6-7-13(12-9)10-3-1-2-8-16-10/h4-7,10H,1-3,8H2,(H,14,15). The van der Waals surface area contributed by atoms with E-state index in [1.807, 2.05) is 6.20 Å². The minimum Gasteiger partial charge on any atom is -0.478 e. The highest BCUT2D eigenvalue weighted by atomic mass is 16.5. The lowest BCUT2D eigenvalue weighted by Gasteiger charge is -2.22. The van der Waals surface area contributed by atoms with Crippen LogP contribution in [0.5, 0.6) is 0 Å². The Morgan fingerprint density at radius 1 is 1.62 bits per heavy atom. The van der Waals surface area contributed by atoms with Crippen LogP contribution in [0.3, 0.4) is 0 Å². The molecular formula is C11H14N2O3. The second-order valence-corrected chi connectivity index (χ2v) is 3.71. The number of carbonyl (C=O) groups is 1. The summed E-state index contributed by atoms with van der Waals surface area (Å²) in [7, 11) is 0. The van der Waals surface area contributed by atoms with Gasteiger partial charge in [-0.25, -0.2) is 9.48 Å². The molecule has 5 heteroatoms. The highest BCUT2D eigenvalue weighted by molar-refractivity contribution is 5.84. The Labute approximate surface area is 93.3 Å². The van der Waals surface area contributed by atoms with Crippen molar-refractivity contribution in [3.05, 3.63) is 24.0 Å². The van der Waals surface area contributed by atoms with E-state index in [4.69, 9.17) is 9.84 Å². The SMILES string of the molecule is O=C(O)C=Cc1ccn(C2CCCCO2)n1. The van der Waals surface area contributed by atoms with E-state index >= 15 is 0 Å². The van der Waals surface area contributed by atoms with E-state index in [0.29, 0.717) is 5.69 Å². The molecule has 0 radical (unpaired) electrons. The summed E-state index contributed by atoms with van der Waals surface area (Å²) in [4.78, 5) is 10.3. The lowest BCUT2D eigenvalue weighted by Crippen LogP contribution is -2.18. The van der Waals surface area contributed by atoms with Gasteiger partial charge < -0.3 is 9.84 Å². The van der Waals surface area contributed by atoms with Gasteiger partial charge in [0.1, 0.15) is 6.23 Å². The molecule has 0 bridgehead atoms. The third kappa shape index (κ3) is 2.70. The number of hydrogen-bond acceptors (Lipinski definition) is 3. The molecule has 0 saturated carbocycles. The van der Waals surface area contributed by atoms with Crippen LogP contribution in [-0.2, 0) is 9.53 Å². The molecule has 86 valence electrons. The first-order valence-corrected chi connectivity index (χ1v) is 5.33. The van der Waals surface area contributed by atoms with Crippen molar-refractivity contribution < 1.29 is 14.6 Å². The van der Waals surface area contributed by atoms with Gasteiger partial charge in [-0.2, -0.15) is 5.10 Å². The predicted molar refractivity (Wildman–Crippen MR) is 57.7 cm³/mol. The summed E-state index contributed by atoms with van der Waals surface area (Å²) in [6.07, 6.45) is 7.58. The van der Waals surface area contributed by atoms with Gasteiger partial charge in [-0.1, -0.05) is 0 Å². The first kappa shape index (κ1) is 10.9. The number of hydrogen-bond donors (Lipinski definition) is 1. The Kier molecular flexibility index (Phi) is 3.36. The fraction of sp³-hybridized carbons (Fsp3) is 0.455. The molecule has 2 rings (SSSR count). The maximum absolute atomic E-state index is 10.3. The van der Waals surface area contributed by atoms with Crippen LogP contribution in [0.2, 0.25) is 0 Å². The quantitative estimate of drug-likeness (QED) is 0.790. The Bertz CT molecular complexity index is 392. The molecule has 1 aromatic heterocycles. The molecule has 1 aromatic rings. The monoisotopic (exact) mass is 222 g/mol. The molecule has 2 heterocycles. The summed E-state index contributed by atoms with van der Waals surface area (Å²) in [6, 6.07) is 1.78.